The highest BCUT2D eigenvalue weighted by Gasteiger charge is 2.38. The molecule has 33 heavy (non-hydrogen) atoms. The van der Waals surface area contributed by atoms with E-state index in [1.54, 1.807) is 16.8 Å². The van der Waals surface area contributed by atoms with E-state index in [2.05, 4.69) is 20.9 Å². The molecule has 0 radical (unpaired) electrons. The Bertz CT molecular complexity index is 1230. The zero-order chi connectivity index (χ0) is 22.6. The molecule has 4 aromatic rings. The summed E-state index contributed by atoms with van der Waals surface area (Å²) in [5.74, 6) is 0.752. The molecule has 1 aliphatic rings. The number of rotatable bonds is 6. The Hall–Kier alpha value is -3.85. The first-order valence-electron chi connectivity index (χ1n) is 10.3. The van der Waals surface area contributed by atoms with Crippen molar-refractivity contribution in [1.29, 1.82) is 0 Å². The van der Waals surface area contributed by atoms with Gasteiger partial charge in [0.1, 0.15) is 23.4 Å². The monoisotopic (exact) mass is 461 g/mol. The third kappa shape index (κ3) is 4.68. The molecule has 0 unspecified atom stereocenters. The summed E-state index contributed by atoms with van der Waals surface area (Å²) in [6.45, 7) is 0.196. The zero-order valence-corrected chi connectivity index (χ0v) is 18.2. The lowest BCUT2D eigenvalue weighted by Gasteiger charge is -2.33. The van der Waals surface area contributed by atoms with E-state index in [0.29, 0.717) is 22.4 Å². The fourth-order valence-corrected chi connectivity index (χ4v) is 4.61. The largest absolute Gasteiger partial charge is 0.486 e. The van der Waals surface area contributed by atoms with Crippen LogP contribution in [0.1, 0.15) is 17.4 Å². The summed E-state index contributed by atoms with van der Waals surface area (Å²) in [5.41, 5.74) is 4.81. The van der Waals surface area contributed by atoms with Crippen LogP contribution in [0.5, 0.6) is 5.75 Å². The summed E-state index contributed by atoms with van der Waals surface area (Å²) in [5, 5.41) is 11.4. The van der Waals surface area contributed by atoms with Gasteiger partial charge in [0.25, 0.3) is 0 Å². The minimum Gasteiger partial charge on any atom is -0.486 e. The van der Waals surface area contributed by atoms with Crippen LogP contribution in [0.2, 0.25) is 0 Å². The van der Waals surface area contributed by atoms with E-state index >= 15 is 0 Å². The standard InChI is InChI=1S/C24H20FN5O2S/c25-17-13-11-16(12-14-17)21-22(23(31)26-18-7-3-1-4-8-18)33-24-28-27-20(30(24)29-21)15-32-19-9-5-2-6-10-19/h1-14,21-22,29H,15H2,(H,26,31)/t21-,22+/m0/s1. The van der Waals surface area contributed by atoms with Gasteiger partial charge in [-0.2, -0.15) is 0 Å². The Labute approximate surface area is 194 Å². The van der Waals surface area contributed by atoms with Gasteiger partial charge in [0, 0.05) is 5.69 Å². The molecule has 0 fully saturated rings. The predicted octanol–water partition coefficient (Wildman–Crippen LogP) is 4.39. The number of benzene rings is 3. The number of carbonyl (C=O) groups excluding carboxylic acids is 1. The number of hydrogen-bond acceptors (Lipinski definition) is 6. The smallest absolute Gasteiger partial charge is 0.240 e. The van der Waals surface area contributed by atoms with Crippen molar-refractivity contribution in [2.75, 3.05) is 10.7 Å². The number of nitrogens with one attached hydrogen (secondary N) is 2. The fraction of sp³-hybridized carbons (Fsp3) is 0.125. The Morgan fingerprint density at radius 2 is 1.70 bits per heavy atom. The number of ether oxygens (including phenoxy) is 1. The van der Waals surface area contributed by atoms with Gasteiger partial charge in [-0.05, 0) is 42.0 Å². The Balaban J connectivity index is 1.42. The summed E-state index contributed by atoms with van der Waals surface area (Å²) in [6.07, 6.45) is 0. The first-order valence-corrected chi connectivity index (χ1v) is 11.2. The van der Waals surface area contributed by atoms with E-state index < -0.39 is 11.3 Å². The summed E-state index contributed by atoms with van der Waals surface area (Å²) >= 11 is 1.30. The number of halogens is 1. The number of hydrogen-bond donors (Lipinski definition) is 2. The van der Waals surface area contributed by atoms with E-state index in [1.165, 1.54) is 23.9 Å². The molecule has 166 valence electrons. The zero-order valence-electron chi connectivity index (χ0n) is 17.4. The van der Waals surface area contributed by atoms with Crippen molar-refractivity contribution in [1.82, 2.24) is 14.9 Å². The average Bonchev–Trinajstić information content (AvgIpc) is 3.25. The van der Waals surface area contributed by atoms with E-state index in [9.17, 15) is 9.18 Å². The first kappa shape index (κ1) is 21.0. The van der Waals surface area contributed by atoms with Crippen LogP contribution in [0, 0.1) is 5.82 Å². The highest BCUT2D eigenvalue weighted by Crippen LogP contribution is 2.37. The van der Waals surface area contributed by atoms with Crippen molar-refractivity contribution >= 4 is 23.4 Å². The summed E-state index contributed by atoms with van der Waals surface area (Å²) < 4.78 is 21.1. The number of carbonyl (C=O) groups is 1. The number of anilines is 1. The molecule has 1 aromatic heterocycles. The second-order valence-electron chi connectivity index (χ2n) is 7.39. The van der Waals surface area contributed by atoms with Crippen LogP contribution < -0.4 is 15.5 Å². The Morgan fingerprint density at radius 3 is 2.42 bits per heavy atom. The van der Waals surface area contributed by atoms with Gasteiger partial charge in [-0.3, -0.25) is 4.79 Å². The van der Waals surface area contributed by atoms with Gasteiger partial charge in [-0.1, -0.05) is 60.3 Å². The minimum atomic E-state index is -0.560. The molecular weight excluding hydrogens is 441 g/mol. The van der Waals surface area contributed by atoms with Crippen molar-refractivity contribution in [3.8, 4) is 5.75 Å². The molecule has 2 N–H and O–H groups in total. The van der Waals surface area contributed by atoms with Crippen LogP contribution in [-0.2, 0) is 11.4 Å². The number of nitrogens with zero attached hydrogens (tertiary/aromatic N) is 3. The summed E-state index contributed by atoms with van der Waals surface area (Å²) in [4.78, 5) is 13.2. The second kappa shape index (κ2) is 9.33. The Morgan fingerprint density at radius 1 is 1.00 bits per heavy atom. The van der Waals surface area contributed by atoms with Crippen molar-refractivity contribution in [3.63, 3.8) is 0 Å². The predicted molar refractivity (Wildman–Crippen MR) is 124 cm³/mol. The van der Waals surface area contributed by atoms with E-state index in [0.717, 1.165) is 5.56 Å². The summed E-state index contributed by atoms with van der Waals surface area (Å²) in [6, 6.07) is 24.3. The van der Waals surface area contributed by atoms with Crippen LogP contribution >= 0.6 is 11.8 Å². The quantitative estimate of drug-likeness (QED) is 0.443. The molecule has 2 atom stereocenters. The lowest BCUT2D eigenvalue weighted by atomic mass is 10.0. The maximum absolute atomic E-state index is 13.6. The fourth-order valence-electron chi connectivity index (χ4n) is 3.51. The molecule has 0 saturated heterocycles. The van der Waals surface area contributed by atoms with Gasteiger partial charge in [0.15, 0.2) is 5.82 Å². The van der Waals surface area contributed by atoms with Gasteiger partial charge < -0.3 is 15.5 Å². The number of thioether (sulfide) groups is 1. The molecule has 0 spiro atoms. The van der Waals surface area contributed by atoms with E-state index in [1.807, 2.05) is 60.7 Å². The van der Waals surface area contributed by atoms with Crippen LogP contribution in [0.15, 0.2) is 90.1 Å². The molecule has 1 amide bonds. The second-order valence-corrected chi connectivity index (χ2v) is 8.50. The number of para-hydroxylation sites is 2. The maximum atomic E-state index is 13.6. The van der Waals surface area contributed by atoms with Crippen molar-refractivity contribution in [3.05, 3.63) is 102 Å². The number of fused-ring (bicyclic) bond motifs is 1. The average molecular weight is 462 g/mol. The normalized spacial score (nSPS) is 17.0. The Kier molecular flexibility index (Phi) is 5.95. The van der Waals surface area contributed by atoms with Crippen LogP contribution in [0.4, 0.5) is 10.1 Å². The molecule has 2 heterocycles. The molecule has 0 aliphatic carbocycles. The topological polar surface area (TPSA) is 81.1 Å². The number of amides is 1. The minimum absolute atomic E-state index is 0.190. The lowest BCUT2D eigenvalue weighted by Crippen LogP contribution is -2.41. The van der Waals surface area contributed by atoms with Gasteiger partial charge in [0.2, 0.25) is 11.1 Å². The molecule has 3 aromatic carbocycles. The lowest BCUT2D eigenvalue weighted by molar-refractivity contribution is -0.116. The molecule has 0 bridgehead atoms. The molecule has 9 heteroatoms. The number of aromatic nitrogens is 3. The van der Waals surface area contributed by atoms with Gasteiger partial charge in [-0.15, -0.1) is 10.2 Å². The molecule has 5 rings (SSSR count). The van der Waals surface area contributed by atoms with Crippen LogP contribution in [0.25, 0.3) is 0 Å². The first-order chi connectivity index (χ1) is 16.2. The van der Waals surface area contributed by atoms with Crippen molar-refractivity contribution in [2.24, 2.45) is 0 Å². The summed E-state index contributed by atoms with van der Waals surface area (Å²) in [7, 11) is 0. The van der Waals surface area contributed by atoms with Gasteiger partial charge in [-0.25, -0.2) is 9.07 Å². The highest BCUT2D eigenvalue weighted by atomic mass is 32.2. The molecular formula is C24H20FN5O2S. The molecule has 7 nitrogen and oxygen atoms in total. The highest BCUT2D eigenvalue weighted by molar-refractivity contribution is 8.00. The van der Waals surface area contributed by atoms with Crippen LogP contribution in [-0.4, -0.2) is 26.0 Å². The van der Waals surface area contributed by atoms with Gasteiger partial charge >= 0.3 is 0 Å². The molecule has 1 aliphatic heterocycles. The van der Waals surface area contributed by atoms with Crippen molar-refractivity contribution < 1.29 is 13.9 Å². The van der Waals surface area contributed by atoms with Crippen molar-refractivity contribution in [2.45, 2.75) is 23.1 Å². The third-order valence-electron chi connectivity index (χ3n) is 5.14. The van der Waals surface area contributed by atoms with E-state index in [4.69, 9.17) is 4.74 Å². The molecule has 0 saturated carbocycles. The van der Waals surface area contributed by atoms with Gasteiger partial charge in [0.05, 0.1) is 6.04 Å². The maximum Gasteiger partial charge on any atom is 0.240 e. The third-order valence-corrected chi connectivity index (χ3v) is 6.36. The SMILES string of the molecule is O=C(Nc1ccccc1)[C@@H]1Sc2nnc(COc3ccccc3)n2N[C@H]1c1ccc(F)cc1. The van der Waals surface area contributed by atoms with Crippen LogP contribution in [0.3, 0.4) is 0 Å². The van der Waals surface area contributed by atoms with E-state index in [-0.39, 0.29) is 18.3 Å².